The minimum atomic E-state index is -0.139. The average Bonchev–Trinajstić information content (AvgIpc) is 3.58. The Bertz CT molecular complexity index is 865. The first-order valence-electron chi connectivity index (χ1n) is 11.0. The molecule has 2 aliphatic rings. The highest BCUT2D eigenvalue weighted by molar-refractivity contribution is 5.86. The standard InChI is InChI=1S/C25H32N2O3/c1-27(15-16-30-24-10-6-5-9-23(24)29-2)25(22(28)17-18-11-12-18)21-14-13-19-7-3-4-8-20(19)26-21/h3-10,18,21,25-26H,11-17H2,1-2H3. The number of ether oxygens (including phenoxy) is 2. The molecular weight excluding hydrogens is 376 g/mol. The Morgan fingerprint density at radius 3 is 2.60 bits per heavy atom. The molecule has 4 rings (SSSR count). The summed E-state index contributed by atoms with van der Waals surface area (Å²) in [6.45, 7) is 1.19. The molecule has 1 fully saturated rings. The van der Waals surface area contributed by atoms with Crippen molar-refractivity contribution in [2.24, 2.45) is 5.92 Å². The van der Waals surface area contributed by atoms with Gasteiger partial charge in [0.15, 0.2) is 17.3 Å². The van der Waals surface area contributed by atoms with E-state index in [-0.39, 0.29) is 12.1 Å². The first kappa shape index (κ1) is 20.7. The van der Waals surface area contributed by atoms with Crippen LogP contribution >= 0.6 is 0 Å². The fourth-order valence-corrected chi connectivity index (χ4v) is 4.38. The number of aryl methyl sites for hydroxylation is 1. The van der Waals surface area contributed by atoms with Gasteiger partial charge in [-0.25, -0.2) is 0 Å². The van der Waals surface area contributed by atoms with Crippen molar-refractivity contribution in [3.63, 3.8) is 0 Å². The fraction of sp³-hybridized carbons (Fsp3) is 0.480. The maximum Gasteiger partial charge on any atom is 0.161 e. The molecule has 1 saturated carbocycles. The van der Waals surface area contributed by atoms with Gasteiger partial charge in [-0.15, -0.1) is 0 Å². The maximum absolute atomic E-state index is 13.2. The molecule has 30 heavy (non-hydrogen) atoms. The maximum atomic E-state index is 13.2. The molecule has 2 aromatic carbocycles. The third kappa shape index (κ3) is 4.96. The van der Waals surface area contributed by atoms with Crippen LogP contribution in [0, 0.1) is 5.92 Å². The molecule has 0 amide bonds. The quantitative estimate of drug-likeness (QED) is 0.639. The van der Waals surface area contributed by atoms with Gasteiger partial charge in [0.25, 0.3) is 0 Å². The van der Waals surface area contributed by atoms with Gasteiger partial charge in [-0.3, -0.25) is 9.69 Å². The molecular formula is C25H32N2O3. The number of ketones is 1. The molecule has 0 saturated heterocycles. The zero-order chi connectivity index (χ0) is 20.9. The van der Waals surface area contributed by atoms with Crippen LogP contribution in [0.3, 0.4) is 0 Å². The van der Waals surface area contributed by atoms with E-state index in [1.165, 1.54) is 18.4 Å². The van der Waals surface area contributed by atoms with Crippen LogP contribution in [0.1, 0.15) is 31.2 Å². The van der Waals surface area contributed by atoms with Crippen LogP contribution in [-0.2, 0) is 11.2 Å². The van der Waals surface area contributed by atoms with Gasteiger partial charge in [0.1, 0.15) is 6.61 Å². The van der Waals surface area contributed by atoms with Crippen molar-refractivity contribution < 1.29 is 14.3 Å². The van der Waals surface area contributed by atoms with Crippen LogP contribution < -0.4 is 14.8 Å². The summed E-state index contributed by atoms with van der Waals surface area (Å²) < 4.78 is 11.3. The van der Waals surface area contributed by atoms with Gasteiger partial charge in [0.2, 0.25) is 0 Å². The van der Waals surface area contributed by atoms with E-state index in [0.717, 1.165) is 30.0 Å². The van der Waals surface area contributed by atoms with E-state index in [4.69, 9.17) is 9.47 Å². The molecule has 160 valence electrons. The third-order valence-electron chi connectivity index (χ3n) is 6.23. The van der Waals surface area contributed by atoms with E-state index in [0.29, 0.717) is 31.3 Å². The number of rotatable bonds is 10. The number of hydrogen-bond donors (Lipinski definition) is 1. The van der Waals surface area contributed by atoms with Gasteiger partial charge < -0.3 is 14.8 Å². The summed E-state index contributed by atoms with van der Waals surface area (Å²) >= 11 is 0. The smallest absolute Gasteiger partial charge is 0.161 e. The van der Waals surface area contributed by atoms with Crippen LogP contribution in [0.2, 0.25) is 0 Å². The second-order valence-electron chi connectivity index (χ2n) is 8.49. The van der Waals surface area contributed by atoms with Crippen LogP contribution in [0.15, 0.2) is 48.5 Å². The van der Waals surface area contributed by atoms with E-state index < -0.39 is 0 Å². The second kappa shape index (κ2) is 9.52. The number of methoxy groups -OCH3 is 1. The van der Waals surface area contributed by atoms with E-state index in [1.54, 1.807) is 7.11 Å². The summed E-state index contributed by atoms with van der Waals surface area (Å²) in [5.74, 6) is 2.41. The van der Waals surface area contributed by atoms with Gasteiger partial charge in [-0.2, -0.15) is 0 Å². The molecule has 1 aliphatic heterocycles. The second-order valence-corrected chi connectivity index (χ2v) is 8.49. The van der Waals surface area contributed by atoms with Crippen molar-refractivity contribution in [1.82, 2.24) is 4.90 Å². The van der Waals surface area contributed by atoms with Crippen molar-refractivity contribution in [2.45, 2.75) is 44.2 Å². The van der Waals surface area contributed by atoms with Crippen molar-refractivity contribution >= 4 is 11.5 Å². The molecule has 2 atom stereocenters. The molecule has 0 radical (unpaired) electrons. The Labute approximate surface area is 179 Å². The number of fused-ring (bicyclic) bond motifs is 1. The highest BCUT2D eigenvalue weighted by Gasteiger charge is 2.36. The summed E-state index contributed by atoms with van der Waals surface area (Å²) in [6, 6.07) is 16.1. The van der Waals surface area contributed by atoms with E-state index in [1.807, 2.05) is 31.3 Å². The number of benzene rings is 2. The zero-order valence-electron chi connectivity index (χ0n) is 18.0. The van der Waals surface area contributed by atoms with Gasteiger partial charge >= 0.3 is 0 Å². The molecule has 1 N–H and O–H groups in total. The van der Waals surface area contributed by atoms with E-state index in [2.05, 4.69) is 34.5 Å². The highest BCUT2D eigenvalue weighted by Crippen LogP contribution is 2.35. The van der Waals surface area contributed by atoms with Crippen LogP contribution in [-0.4, -0.2) is 50.1 Å². The van der Waals surface area contributed by atoms with E-state index in [9.17, 15) is 4.79 Å². The molecule has 0 aromatic heterocycles. The molecule has 0 bridgehead atoms. The summed E-state index contributed by atoms with van der Waals surface area (Å²) in [4.78, 5) is 15.4. The monoisotopic (exact) mass is 408 g/mol. The Hall–Kier alpha value is -2.53. The minimum Gasteiger partial charge on any atom is -0.493 e. The van der Waals surface area contributed by atoms with Crippen LogP contribution in [0.5, 0.6) is 11.5 Å². The lowest BCUT2D eigenvalue weighted by atomic mass is 9.89. The normalized spacial score (nSPS) is 19.0. The largest absolute Gasteiger partial charge is 0.493 e. The lowest BCUT2D eigenvalue weighted by Gasteiger charge is -2.37. The van der Waals surface area contributed by atoms with Crippen molar-refractivity contribution in [2.75, 3.05) is 32.6 Å². The van der Waals surface area contributed by atoms with Gasteiger partial charge in [-0.05, 0) is 62.4 Å². The number of Topliss-reactive ketones (excluding diaryl/α,β-unsaturated/α-hetero) is 1. The van der Waals surface area contributed by atoms with Gasteiger partial charge in [0, 0.05) is 24.7 Å². The predicted molar refractivity (Wildman–Crippen MR) is 119 cm³/mol. The van der Waals surface area contributed by atoms with Crippen LogP contribution in [0.25, 0.3) is 0 Å². The predicted octanol–water partition coefficient (Wildman–Crippen LogP) is 4.17. The summed E-state index contributed by atoms with van der Waals surface area (Å²) in [5.41, 5.74) is 2.50. The Balaban J connectivity index is 1.42. The van der Waals surface area contributed by atoms with Crippen molar-refractivity contribution in [1.29, 1.82) is 0 Å². The van der Waals surface area contributed by atoms with Crippen molar-refractivity contribution in [3.05, 3.63) is 54.1 Å². The third-order valence-corrected chi connectivity index (χ3v) is 6.23. The number of likely N-dealkylation sites (N-methyl/N-ethyl adjacent to an activating group) is 1. The number of carbonyl (C=O) groups excluding carboxylic acids is 1. The average molecular weight is 409 g/mol. The number of carbonyl (C=O) groups is 1. The number of para-hydroxylation sites is 3. The first-order valence-corrected chi connectivity index (χ1v) is 11.0. The summed E-state index contributed by atoms with van der Waals surface area (Å²) in [6.07, 6.45) is 5.06. The van der Waals surface area contributed by atoms with E-state index >= 15 is 0 Å². The SMILES string of the molecule is COc1ccccc1OCCN(C)C(C(=O)CC1CC1)C1CCc2ccccc2N1. The molecule has 2 aromatic rings. The van der Waals surface area contributed by atoms with Crippen LogP contribution in [0.4, 0.5) is 5.69 Å². The molecule has 0 spiro atoms. The fourth-order valence-electron chi connectivity index (χ4n) is 4.38. The lowest BCUT2D eigenvalue weighted by Crippen LogP contribution is -2.52. The minimum absolute atomic E-state index is 0.127. The topological polar surface area (TPSA) is 50.8 Å². The van der Waals surface area contributed by atoms with Crippen molar-refractivity contribution in [3.8, 4) is 11.5 Å². The zero-order valence-corrected chi connectivity index (χ0v) is 18.0. The first-order chi connectivity index (χ1) is 14.7. The van der Waals surface area contributed by atoms with Gasteiger partial charge in [-0.1, -0.05) is 30.3 Å². The number of hydrogen-bond acceptors (Lipinski definition) is 5. The molecule has 5 heteroatoms. The summed E-state index contributed by atoms with van der Waals surface area (Å²) in [7, 11) is 3.69. The Morgan fingerprint density at radius 1 is 1.10 bits per heavy atom. The van der Waals surface area contributed by atoms with Gasteiger partial charge in [0.05, 0.1) is 13.2 Å². The summed E-state index contributed by atoms with van der Waals surface area (Å²) in [5, 5.41) is 3.66. The molecule has 1 heterocycles. The molecule has 2 unspecified atom stereocenters. The Kier molecular flexibility index (Phi) is 6.58. The highest BCUT2D eigenvalue weighted by atomic mass is 16.5. The number of nitrogens with one attached hydrogen (secondary N) is 1. The lowest BCUT2D eigenvalue weighted by molar-refractivity contribution is -0.124. The molecule has 5 nitrogen and oxygen atoms in total. The Morgan fingerprint density at radius 2 is 1.83 bits per heavy atom. The number of nitrogens with zero attached hydrogens (tertiary/aromatic N) is 1. The molecule has 1 aliphatic carbocycles. The number of anilines is 1.